The van der Waals surface area contributed by atoms with Crippen LogP contribution < -0.4 is 9.47 Å². The summed E-state index contributed by atoms with van der Waals surface area (Å²) in [5, 5.41) is 0. The van der Waals surface area contributed by atoms with E-state index in [0.717, 1.165) is 29.0 Å². The molecular formula is C19H23NO6. The van der Waals surface area contributed by atoms with Gasteiger partial charge in [-0.1, -0.05) is 0 Å². The lowest BCUT2D eigenvalue weighted by Gasteiger charge is -2.24. The normalized spacial score (nSPS) is 14.7. The molecule has 0 bridgehead atoms. The Hall–Kier alpha value is -2.57. The minimum atomic E-state index is -0.268. The van der Waals surface area contributed by atoms with E-state index < -0.39 is 0 Å². The molecule has 0 radical (unpaired) electrons. The number of nitrogens with zero attached hydrogens (tertiary/aromatic N) is 1. The van der Waals surface area contributed by atoms with E-state index in [-0.39, 0.29) is 37.5 Å². The van der Waals surface area contributed by atoms with Crippen LogP contribution in [0.2, 0.25) is 0 Å². The summed E-state index contributed by atoms with van der Waals surface area (Å²) in [4.78, 5) is 27.9. The fraction of sp³-hybridized carbons (Fsp3) is 0.526. The van der Waals surface area contributed by atoms with Crippen LogP contribution in [-0.2, 0) is 25.5 Å². The first kappa shape index (κ1) is 18.2. The van der Waals surface area contributed by atoms with Crippen LogP contribution in [0.15, 0.2) is 17.1 Å². The number of esters is 2. The first-order chi connectivity index (χ1) is 12.6. The van der Waals surface area contributed by atoms with Crippen LogP contribution in [0, 0.1) is 5.92 Å². The van der Waals surface area contributed by atoms with Crippen molar-refractivity contribution in [1.29, 1.82) is 0 Å². The van der Waals surface area contributed by atoms with Crippen LogP contribution in [-0.4, -0.2) is 45.2 Å². The molecule has 1 aromatic carbocycles. The van der Waals surface area contributed by atoms with Crippen LogP contribution in [0.1, 0.15) is 36.8 Å². The second-order valence-corrected chi connectivity index (χ2v) is 6.31. The summed E-state index contributed by atoms with van der Waals surface area (Å²) in [6.07, 6.45) is 2.52. The average molecular weight is 361 g/mol. The van der Waals surface area contributed by atoms with E-state index in [1.165, 1.54) is 14.2 Å². The van der Waals surface area contributed by atoms with Crippen LogP contribution >= 0.6 is 0 Å². The maximum atomic E-state index is 11.6. The quantitative estimate of drug-likeness (QED) is 0.693. The van der Waals surface area contributed by atoms with Crippen molar-refractivity contribution >= 4 is 17.7 Å². The fourth-order valence-corrected chi connectivity index (χ4v) is 3.37. The monoisotopic (exact) mass is 361 g/mol. The lowest BCUT2D eigenvalue weighted by atomic mass is 9.84. The van der Waals surface area contributed by atoms with Crippen molar-refractivity contribution in [1.82, 2.24) is 0 Å². The summed E-state index contributed by atoms with van der Waals surface area (Å²) < 4.78 is 20.5. The van der Waals surface area contributed by atoms with Crippen molar-refractivity contribution in [3.63, 3.8) is 0 Å². The molecule has 0 amide bonds. The molecule has 7 heteroatoms. The van der Waals surface area contributed by atoms with Gasteiger partial charge in [-0.25, -0.2) is 0 Å². The van der Waals surface area contributed by atoms with Crippen molar-refractivity contribution in [3.8, 4) is 11.5 Å². The highest BCUT2D eigenvalue weighted by Crippen LogP contribution is 2.38. The summed E-state index contributed by atoms with van der Waals surface area (Å²) >= 11 is 0. The molecule has 140 valence electrons. The molecule has 0 atom stereocenters. The SMILES string of the molecule is COC(=O)CCC(CCC(=O)OC)C1=NCCc2cc3c(cc21)OCO3. The zero-order chi connectivity index (χ0) is 18.5. The van der Waals surface area contributed by atoms with E-state index in [2.05, 4.69) is 0 Å². The van der Waals surface area contributed by atoms with Gasteiger partial charge in [0.1, 0.15) is 0 Å². The van der Waals surface area contributed by atoms with E-state index in [4.69, 9.17) is 23.9 Å². The molecule has 1 aromatic rings. The number of aliphatic imine (C=N–C) groups is 1. The molecule has 0 N–H and O–H groups in total. The summed E-state index contributed by atoms with van der Waals surface area (Å²) in [5.74, 6) is 0.891. The van der Waals surface area contributed by atoms with Gasteiger partial charge < -0.3 is 18.9 Å². The predicted octanol–water partition coefficient (Wildman–Crippen LogP) is 2.28. The lowest BCUT2D eigenvalue weighted by Crippen LogP contribution is -2.24. The van der Waals surface area contributed by atoms with E-state index in [1.807, 2.05) is 12.1 Å². The Morgan fingerprint density at radius 3 is 2.31 bits per heavy atom. The molecule has 0 saturated heterocycles. The number of methoxy groups -OCH3 is 2. The molecule has 3 rings (SSSR count). The Labute approximate surface area is 152 Å². The van der Waals surface area contributed by atoms with Crippen molar-refractivity contribution in [3.05, 3.63) is 23.3 Å². The minimum absolute atomic E-state index is 0.0346. The molecule has 2 aliphatic heterocycles. The summed E-state index contributed by atoms with van der Waals surface area (Å²) in [6.45, 7) is 0.897. The van der Waals surface area contributed by atoms with Gasteiger partial charge in [0.2, 0.25) is 6.79 Å². The summed E-state index contributed by atoms with van der Waals surface area (Å²) in [6, 6.07) is 3.96. The molecule has 7 nitrogen and oxygen atoms in total. The van der Waals surface area contributed by atoms with Gasteiger partial charge >= 0.3 is 11.9 Å². The van der Waals surface area contributed by atoms with Gasteiger partial charge in [-0.05, 0) is 37.0 Å². The average Bonchev–Trinajstić information content (AvgIpc) is 3.12. The topological polar surface area (TPSA) is 83.4 Å². The summed E-state index contributed by atoms with van der Waals surface area (Å²) in [5.41, 5.74) is 3.08. The number of benzene rings is 1. The molecule has 0 fully saturated rings. The Bertz CT molecular complexity index is 707. The molecule has 0 unspecified atom stereocenters. The number of fused-ring (bicyclic) bond motifs is 2. The smallest absolute Gasteiger partial charge is 0.305 e. The van der Waals surface area contributed by atoms with Gasteiger partial charge in [0.25, 0.3) is 0 Å². The third-order valence-electron chi connectivity index (χ3n) is 4.77. The molecule has 0 aliphatic carbocycles. The Kier molecular flexibility index (Phi) is 5.75. The molecular weight excluding hydrogens is 338 g/mol. The summed E-state index contributed by atoms with van der Waals surface area (Å²) in [7, 11) is 2.75. The largest absolute Gasteiger partial charge is 0.469 e. The molecule has 2 heterocycles. The van der Waals surface area contributed by atoms with E-state index in [0.29, 0.717) is 25.1 Å². The zero-order valence-corrected chi connectivity index (χ0v) is 15.1. The highest BCUT2D eigenvalue weighted by molar-refractivity contribution is 6.05. The number of carbonyl (C=O) groups is 2. The fourth-order valence-electron chi connectivity index (χ4n) is 3.37. The van der Waals surface area contributed by atoms with Crippen molar-refractivity contribution in [2.75, 3.05) is 27.6 Å². The molecule has 2 aliphatic rings. The second kappa shape index (κ2) is 8.21. The van der Waals surface area contributed by atoms with E-state index in [1.54, 1.807) is 0 Å². The standard InChI is InChI=1S/C19H23NO6/c1-23-17(21)5-3-12(4-6-18(22)24-2)19-14-10-16-15(25-11-26-16)9-13(14)7-8-20-19/h9-10,12H,3-8,11H2,1-2H3. The Morgan fingerprint density at radius 1 is 1.08 bits per heavy atom. The zero-order valence-electron chi connectivity index (χ0n) is 15.1. The van der Waals surface area contributed by atoms with Gasteiger partial charge in [0, 0.05) is 36.6 Å². The third-order valence-corrected chi connectivity index (χ3v) is 4.77. The second-order valence-electron chi connectivity index (χ2n) is 6.31. The first-order valence-electron chi connectivity index (χ1n) is 8.73. The van der Waals surface area contributed by atoms with Crippen molar-refractivity contribution in [2.45, 2.75) is 32.1 Å². The van der Waals surface area contributed by atoms with Gasteiger partial charge in [0.05, 0.1) is 14.2 Å². The van der Waals surface area contributed by atoms with Gasteiger partial charge in [0.15, 0.2) is 11.5 Å². The molecule has 0 spiro atoms. The lowest BCUT2D eigenvalue weighted by molar-refractivity contribution is -0.141. The molecule has 26 heavy (non-hydrogen) atoms. The molecule has 0 saturated carbocycles. The van der Waals surface area contributed by atoms with Crippen molar-refractivity contribution < 1.29 is 28.5 Å². The number of rotatable bonds is 7. The maximum absolute atomic E-state index is 11.6. The number of hydrogen-bond donors (Lipinski definition) is 0. The van der Waals surface area contributed by atoms with Gasteiger partial charge in [-0.2, -0.15) is 0 Å². The Morgan fingerprint density at radius 2 is 1.69 bits per heavy atom. The third kappa shape index (κ3) is 3.98. The van der Waals surface area contributed by atoms with Crippen molar-refractivity contribution in [2.24, 2.45) is 10.9 Å². The predicted molar refractivity (Wildman–Crippen MR) is 93.7 cm³/mol. The number of hydrogen-bond acceptors (Lipinski definition) is 7. The van der Waals surface area contributed by atoms with Gasteiger partial charge in [-0.3, -0.25) is 14.6 Å². The first-order valence-corrected chi connectivity index (χ1v) is 8.73. The van der Waals surface area contributed by atoms with E-state index in [9.17, 15) is 9.59 Å². The minimum Gasteiger partial charge on any atom is -0.469 e. The highest BCUT2D eigenvalue weighted by Gasteiger charge is 2.27. The van der Waals surface area contributed by atoms with Gasteiger partial charge in [-0.15, -0.1) is 0 Å². The number of ether oxygens (including phenoxy) is 4. The van der Waals surface area contributed by atoms with E-state index >= 15 is 0 Å². The Balaban J connectivity index is 1.84. The van der Waals surface area contributed by atoms with Crippen LogP contribution in [0.4, 0.5) is 0 Å². The maximum Gasteiger partial charge on any atom is 0.305 e. The molecule has 0 aromatic heterocycles. The van der Waals surface area contributed by atoms with Crippen LogP contribution in [0.25, 0.3) is 0 Å². The highest BCUT2D eigenvalue weighted by atomic mass is 16.7. The number of carbonyl (C=O) groups excluding carboxylic acids is 2. The van der Waals surface area contributed by atoms with Crippen LogP contribution in [0.3, 0.4) is 0 Å². The van der Waals surface area contributed by atoms with Crippen LogP contribution in [0.5, 0.6) is 11.5 Å².